The summed E-state index contributed by atoms with van der Waals surface area (Å²) in [7, 11) is 0. The third-order valence-electron chi connectivity index (χ3n) is 3.83. The smallest absolute Gasteiger partial charge is 0.416 e. The molecule has 9 heteroatoms. The predicted octanol–water partition coefficient (Wildman–Crippen LogP) is 4.20. The summed E-state index contributed by atoms with van der Waals surface area (Å²) in [5, 5.41) is 13.3. The number of hydrogen-bond acceptors (Lipinski definition) is 4. The minimum absolute atomic E-state index is 0.0178. The lowest BCUT2D eigenvalue weighted by molar-refractivity contribution is -0.139. The second-order valence-electron chi connectivity index (χ2n) is 5.84. The number of ether oxygens (including phenoxy) is 1. The molecule has 0 radical (unpaired) electrons. The van der Waals surface area contributed by atoms with Crippen molar-refractivity contribution in [1.29, 1.82) is 0 Å². The molecular weight excluding hydrogens is 377 g/mol. The van der Waals surface area contributed by atoms with E-state index in [0.717, 1.165) is 23.0 Å². The van der Waals surface area contributed by atoms with Crippen molar-refractivity contribution in [3.63, 3.8) is 0 Å². The normalized spacial score (nSPS) is 11.8. The number of halogens is 3. The standard InChI is InChI=1S/C19H15F3N2O4/c20-19(21,22)14-3-1-12(2-4-14)10-28-24-9-13-8-23-17-6-5-15(7-16(13)17)27-11-18(25)26/h1-9,23H,10-11H2,(H,25,26)/b24-9+. The summed E-state index contributed by atoms with van der Waals surface area (Å²) in [5.74, 6) is -0.678. The van der Waals surface area contributed by atoms with E-state index in [0.29, 0.717) is 16.9 Å². The molecule has 28 heavy (non-hydrogen) atoms. The third-order valence-corrected chi connectivity index (χ3v) is 3.83. The summed E-state index contributed by atoms with van der Waals surface area (Å²) < 4.78 is 42.7. The average Bonchev–Trinajstić information content (AvgIpc) is 3.05. The van der Waals surface area contributed by atoms with Crippen molar-refractivity contribution in [2.75, 3.05) is 6.61 Å². The number of nitrogens with zero attached hydrogens (tertiary/aromatic N) is 1. The van der Waals surface area contributed by atoms with Gasteiger partial charge in [0.05, 0.1) is 11.8 Å². The van der Waals surface area contributed by atoms with E-state index < -0.39 is 24.3 Å². The number of fused-ring (bicyclic) bond motifs is 1. The second-order valence-corrected chi connectivity index (χ2v) is 5.84. The van der Waals surface area contributed by atoms with Gasteiger partial charge in [0.1, 0.15) is 12.4 Å². The van der Waals surface area contributed by atoms with Crippen LogP contribution in [-0.4, -0.2) is 28.9 Å². The van der Waals surface area contributed by atoms with Crippen LogP contribution in [-0.2, 0) is 22.4 Å². The molecule has 0 fully saturated rings. The molecule has 0 aliphatic carbocycles. The van der Waals surface area contributed by atoms with Crippen LogP contribution < -0.4 is 4.74 Å². The number of aromatic amines is 1. The molecule has 3 rings (SSSR count). The fourth-order valence-corrected chi connectivity index (χ4v) is 2.46. The number of carboxylic acid groups (broad SMARTS) is 1. The molecule has 0 saturated carbocycles. The van der Waals surface area contributed by atoms with Crippen molar-refractivity contribution in [1.82, 2.24) is 4.98 Å². The Bertz CT molecular complexity index is 995. The molecule has 0 amide bonds. The molecule has 0 saturated heterocycles. The zero-order valence-corrected chi connectivity index (χ0v) is 14.4. The number of aliphatic carboxylic acids is 1. The highest BCUT2D eigenvalue weighted by Crippen LogP contribution is 2.29. The van der Waals surface area contributed by atoms with Crippen LogP contribution in [0.5, 0.6) is 5.75 Å². The highest BCUT2D eigenvalue weighted by Gasteiger charge is 2.29. The van der Waals surface area contributed by atoms with E-state index in [2.05, 4.69) is 10.1 Å². The first-order valence-electron chi connectivity index (χ1n) is 8.10. The van der Waals surface area contributed by atoms with Gasteiger partial charge < -0.3 is 19.7 Å². The number of hydrogen-bond donors (Lipinski definition) is 2. The van der Waals surface area contributed by atoms with Gasteiger partial charge in [-0.05, 0) is 35.9 Å². The number of rotatable bonds is 7. The Morgan fingerprint density at radius 2 is 1.93 bits per heavy atom. The van der Waals surface area contributed by atoms with E-state index in [4.69, 9.17) is 14.7 Å². The first-order valence-corrected chi connectivity index (χ1v) is 8.10. The Kier molecular flexibility index (Phi) is 5.53. The minimum atomic E-state index is -4.38. The highest BCUT2D eigenvalue weighted by atomic mass is 19.4. The van der Waals surface area contributed by atoms with Gasteiger partial charge in [0.15, 0.2) is 6.61 Å². The number of alkyl halides is 3. The van der Waals surface area contributed by atoms with Gasteiger partial charge in [-0.15, -0.1) is 0 Å². The maximum absolute atomic E-state index is 12.5. The summed E-state index contributed by atoms with van der Waals surface area (Å²) in [6, 6.07) is 9.69. The van der Waals surface area contributed by atoms with Crippen LogP contribution in [0.4, 0.5) is 13.2 Å². The number of carbonyl (C=O) groups is 1. The molecule has 2 aromatic carbocycles. The first kappa shape index (κ1) is 19.3. The molecule has 0 atom stereocenters. The van der Waals surface area contributed by atoms with Crippen molar-refractivity contribution < 1.29 is 32.6 Å². The summed E-state index contributed by atoms with van der Waals surface area (Å²) >= 11 is 0. The van der Waals surface area contributed by atoms with E-state index in [1.807, 2.05) is 0 Å². The number of oxime groups is 1. The SMILES string of the molecule is O=C(O)COc1ccc2[nH]cc(/C=N/OCc3ccc(C(F)(F)F)cc3)c2c1. The number of nitrogens with one attached hydrogen (secondary N) is 1. The van der Waals surface area contributed by atoms with Crippen LogP contribution in [0, 0.1) is 0 Å². The van der Waals surface area contributed by atoms with Gasteiger partial charge in [0.25, 0.3) is 0 Å². The van der Waals surface area contributed by atoms with Crippen molar-refractivity contribution in [3.8, 4) is 5.75 Å². The molecular formula is C19H15F3N2O4. The molecule has 0 spiro atoms. The van der Waals surface area contributed by atoms with Crippen LogP contribution in [0.25, 0.3) is 10.9 Å². The molecule has 0 bridgehead atoms. The van der Waals surface area contributed by atoms with Crippen LogP contribution >= 0.6 is 0 Å². The van der Waals surface area contributed by atoms with E-state index in [1.54, 1.807) is 24.4 Å². The van der Waals surface area contributed by atoms with E-state index in [9.17, 15) is 18.0 Å². The molecule has 146 valence electrons. The topological polar surface area (TPSA) is 83.9 Å². The fourth-order valence-electron chi connectivity index (χ4n) is 2.46. The van der Waals surface area contributed by atoms with E-state index in [-0.39, 0.29) is 6.61 Å². The number of carboxylic acids is 1. The van der Waals surface area contributed by atoms with Crippen LogP contribution in [0.1, 0.15) is 16.7 Å². The molecule has 0 unspecified atom stereocenters. The van der Waals surface area contributed by atoms with Crippen molar-refractivity contribution in [3.05, 3.63) is 65.4 Å². The minimum Gasteiger partial charge on any atom is -0.482 e. The van der Waals surface area contributed by atoms with Crippen molar-refractivity contribution in [2.24, 2.45) is 5.16 Å². The fraction of sp³-hybridized carbons (Fsp3) is 0.158. The maximum Gasteiger partial charge on any atom is 0.416 e. The Labute approximate surface area is 157 Å². The van der Waals surface area contributed by atoms with Gasteiger partial charge in [0, 0.05) is 22.7 Å². The quantitative estimate of drug-likeness (QED) is 0.466. The number of aromatic nitrogens is 1. The van der Waals surface area contributed by atoms with Gasteiger partial charge in [0.2, 0.25) is 0 Å². The number of H-pyrrole nitrogens is 1. The van der Waals surface area contributed by atoms with Gasteiger partial charge in [-0.25, -0.2) is 4.79 Å². The monoisotopic (exact) mass is 392 g/mol. The number of benzene rings is 2. The van der Waals surface area contributed by atoms with Gasteiger partial charge >= 0.3 is 12.1 Å². The van der Waals surface area contributed by atoms with E-state index in [1.165, 1.54) is 18.3 Å². The molecule has 1 aromatic heterocycles. The van der Waals surface area contributed by atoms with Crippen LogP contribution in [0.15, 0.2) is 53.8 Å². The summed E-state index contributed by atoms with van der Waals surface area (Å²) in [5.41, 5.74) is 1.31. The Balaban J connectivity index is 1.63. The van der Waals surface area contributed by atoms with Crippen molar-refractivity contribution in [2.45, 2.75) is 12.8 Å². The highest BCUT2D eigenvalue weighted by molar-refractivity contribution is 5.99. The molecule has 1 heterocycles. The Morgan fingerprint density at radius 3 is 2.61 bits per heavy atom. The Morgan fingerprint density at radius 1 is 1.18 bits per heavy atom. The lowest BCUT2D eigenvalue weighted by Gasteiger charge is -2.06. The zero-order chi connectivity index (χ0) is 20.1. The van der Waals surface area contributed by atoms with Crippen molar-refractivity contribution >= 4 is 23.1 Å². The molecule has 2 N–H and O–H groups in total. The maximum atomic E-state index is 12.5. The van der Waals surface area contributed by atoms with Gasteiger partial charge in [-0.3, -0.25) is 0 Å². The molecule has 6 nitrogen and oxygen atoms in total. The summed E-state index contributed by atoms with van der Waals surface area (Å²) in [6.45, 7) is -0.431. The second kappa shape index (κ2) is 8.03. The zero-order valence-electron chi connectivity index (χ0n) is 14.4. The van der Waals surface area contributed by atoms with Crippen LogP contribution in [0.2, 0.25) is 0 Å². The third kappa shape index (κ3) is 4.81. The van der Waals surface area contributed by atoms with Gasteiger partial charge in [-0.2, -0.15) is 13.2 Å². The lowest BCUT2D eigenvalue weighted by atomic mass is 10.1. The van der Waals surface area contributed by atoms with E-state index >= 15 is 0 Å². The summed E-state index contributed by atoms with van der Waals surface area (Å²) in [4.78, 5) is 18.8. The predicted molar refractivity (Wildman–Crippen MR) is 95.3 cm³/mol. The molecule has 3 aromatic rings. The lowest BCUT2D eigenvalue weighted by Crippen LogP contribution is -2.09. The average molecular weight is 392 g/mol. The van der Waals surface area contributed by atoms with Crippen LogP contribution in [0.3, 0.4) is 0 Å². The summed E-state index contributed by atoms with van der Waals surface area (Å²) in [6.07, 6.45) is -1.24. The Hall–Kier alpha value is -3.49. The van der Waals surface area contributed by atoms with Gasteiger partial charge in [-0.1, -0.05) is 17.3 Å². The molecule has 0 aliphatic rings. The molecule has 0 aliphatic heterocycles. The largest absolute Gasteiger partial charge is 0.482 e. The first-order chi connectivity index (χ1) is 13.3.